The fraction of sp³-hybridized carbons (Fsp3) is 0.333. The SMILES string of the molecule is CC(C)=CC(=O)N1C(=O)OC[C@H]1Cc1ccccc1. The van der Waals surface area contributed by atoms with Crippen LogP contribution in [-0.2, 0) is 16.0 Å². The molecule has 0 saturated carbocycles. The number of nitrogens with zero attached hydrogens (tertiary/aromatic N) is 1. The Kier molecular flexibility index (Phi) is 4.00. The maximum Gasteiger partial charge on any atom is 0.417 e. The minimum atomic E-state index is -0.552. The third kappa shape index (κ3) is 3.22. The van der Waals surface area contributed by atoms with Crippen LogP contribution in [0.3, 0.4) is 0 Å². The summed E-state index contributed by atoms with van der Waals surface area (Å²) in [5.41, 5.74) is 1.95. The van der Waals surface area contributed by atoms with Crippen LogP contribution >= 0.6 is 0 Å². The molecule has 2 rings (SSSR count). The van der Waals surface area contributed by atoms with E-state index in [1.165, 1.54) is 11.0 Å². The fourth-order valence-electron chi connectivity index (χ4n) is 2.08. The molecule has 1 aliphatic heterocycles. The molecule has 4 heteroatoms. The number of amides is 2. The van der Waals surface area contributed by atoms with Crippen LogP contribution in [0.2, 0.25) is 0 Å². The Bertz CT molecular complexity index is 503. The van der Waals surface area contributed by atoms with Crippen molar-refractivity contribution in [2.75, 3.05) is 6.61 Å². The molecule has 0 radical (unpaired) electrons. The molecular weight excluding hydrogens is 242 g/mol. The summed E-state index contributed by atoms with van der Waals surface area (Å²) >= 11 is 0. The van der Waals surface area contributed by atoms with E-state index in [-0.39, 0.29) is 18.6 Å². The lowest BCUT2D eigenvalue weighted by Crippen LogP contribution is -2.39. The van der Waals surface area contributed by atoms with E-state index in [1.807, 2.05) is 44.2 Å². The smallest absolute Gasteiger partial charge is 0.417 e. The number of imide groups is 1. The van der Waals surface area contributed by atoms with Crippen molar-refractivity contribution in [2.45, 2.75) is 26.3 Å². The number of ether oxygens (including phenoxy) is 1. The Labute approximate surface area is 112 Å². The van der Waals surface area contributed by atoms with Gasteiger partial charge in [0.15, 0.2) is 0 Å². The highest BCUT2D eigenvalue weighted by molar-refractivity contribution is 6.00. The molecule has 1 aromatic carbocycles. The van der Waals surface area contributed by atoms with Crippen LogP contribution in [0.4, 0.5) is 4.79 Å². The molecule has 1 aliphatic rings. The van der Waals surface area contributed by atoms with Crippen LogP contribution in [0.5, 0.6) is 0 Å². The molecule has 1 fully saturated rings. The van der Waals surface area contributed by atoms with Gasteiger partial charge >= 0.3 is 6.09 Å². The normalized spacial score (nSPS) is 18.1. The highest BCUT2D eigenvalue weighted by atomic mass is 16.6. The molecule has 1 saturated heterocycles. The number of hydrogen-bond donors (Lipinski definition) is 0. The second-order valence-electron chi connectivity index (χ2n) is 4.85. The first-order chi connectivity index (χ1) is 9.08. The Morgan fingerprint density at radius 2 is 2.05 bits per heavy atom. The van der Waals surface area contributed by atoms with Crippen molar-refractivity contribution in [3.05, 3.63) is 47.5 Å². The van der Waals surface area contributed by atoms with Crippen molar-refractivity contribution in [3.8, 4) is 0 Å². The average molecular weight is 259 g/mol. The van der Waals surface area contributed by atoms with E-state index in [1.54, 1.807) is 0 Å². The van der Waals surface area contributed by atoms with Crippen LogP contribution in [0.25, 0.3) is 0 Å². The lowest BCUT2D eigenvalue weighted by molar-refractivity contribution is -0.124. The van der Waals surface area contributed by atoms with Gasteiger partial charge < -0.3 is 4.74 Å². The topological polar surface area (TPSA) is 46.6 Å². The van der Waals surface area contributed by atoms with Gasteiger partial charge in [0.2, 0.25) is 0 Å². The lowest BCUT2D eigenvalue weighted by Gasteiger charge is -2.18. The van der Waals surface area contributed by atoms with Crippen molar-refractivity contribution in [2.24, 2.45) is 0 Å². The van der Waals surface area contributed by atoms with E-state index in [4.69, 9.17) is 4.74 Å². The molecule has 2 amide bonds. The summed E-state index contributed by atoms with van der Waals surface area (Å²) in [6.45, 7) is 3.91. The molecular formula is C15H17NO3. The Hall–Kier alpha value is -2.10. The van der Waals surface area contributed by atoms with E-state index in [0.717, 1.165) is 11.1 Å². The van der Waals surface area contributed by atoms with Gasteiger partial charge in [-0.25, -0.2) is 9.69 Å². The quantitative estimate of drug-likeness (QED) is 0.784. The molecule has 1 heterocycles. The van der Waals surface area contributed by atoms with Crippen LogP contribution in [-0.4, -0.2) is 29.5 Å². The first-order valence-corrected chi connectivity index (χ1v) is 6.26. The van der Waals surface area contributed by atoms with Crippen LogP contribution < -0.4 is 0 Å². The van der Waals surface area contributed by atoms with Gasteiger partial charge in [-0.15, -0.1) is 0 Å². The fourth-order valence-corrected chi connectivity index (χ4v) is 2.08. The predicted molar refractivity (Wildman–Crippen MR) is 71.6 cm³/mol. The number of benzene rings is 1. The minimum absolute atomic E-state index is 0.224. The van der Waals surface area contributed by atoms with Crippen molar-refractivity contribution in [3.63, 3.8) is 0 Å². The van der Waals surface area contributed by atoms with Crippen molar-refractivity contribution < 1.29 is 14.3 Å². The molecule has 0 aliphatic carbocycles. The molecule has 0 unspecified atom stereocenters. The van der Waals surface area contributed by atoms with Gasteiger partial charge in [-0.05, 0) is 25.8 Å². The van der Waals surface area contributed by atoms with Gasteiger partial charge in [0, 0.05) is 6.08 Å². The first-order valence-electron chi connectivity index (χ1n) is 6.26. The van der Waals surface area contributed by atoms with E-state index >= 15 is 0 Å². The molecule has 1 atom stereocenters. The Morgan fingerprint density at radius 3 is 2.68 bits per heavy atom. The number of rotatable bonds is 3. The number of allylic oxidation sites excluding steroid dienone is 1. The highest BCUT2D eigenvalue weighted by Gasteiger charge is 2.36. The molecule has 0 N–H and O–H groups in total. The third-order valence-electron chi connectivity index (χ3n) is 2.92. The van der Waals surface area contributed by atoms with E-state index in [0.29, 0.717) is 6.42 Å². The predicted octanol–water partition coefficient (Wildman–Crippen LogP) is 2.54. The number of cyclic esters (lactones) is 1. The maximum atomic E-state index is 12.0. The van der Waals surface area contributed by atoms with Crippen molar-refractivity contribution >= 4 is 12.0 Å². The zero-order chi connectivity index (χ0) is 13.8. The van der Waals surface area contributed by atoms with Crippen molar-refractivity contribution in [1.29, 1.82) is 0 Å². The maximum absolute atomic E-state index is 12.0. The van der Waals surface area contributed by atoms with Crippen LogP contribution in [0.1, 0.15) is 19.4 Å². The van der Waals surface area contributed by atoms with Gasteiger partial charge in [-0.3, -0.25) is 4.79 Å². The molecule has 19 heavy (non-hydrogen) atoms. The summed E-state index contributed by atoms with van der Waals surface area (Å²) in [6, 6.07) is 9.55. The molecule has 0 bridgehead atoms. The van der Waals surface area contributed by atoms with E-state index < -0.39 is 6.09 Å². The molecule has 1 aromatic rings. The van der Waals surface area contributed by atoms with Crippen molar-refractivity contribution in [1.82, 2.24) is 4.90 Å². The Balaban J connectivity index is 2.14. The number of hydrogen-bond acceptors (Lipinski definition) is 3. The van der Waals surface area contributed by atoms with E-state index in [9.17, 15) is 9.59 Å². The molecule has 0 aromatic heterocycles. The molecule has 0 spiro atoms. The van der Waals surface area contributed by atoms with Gasteiger partial charge in [-0.1, -0.05) is 35.9 Å². The minimum Gasteiger partial charge on any atom is -0.447 e. The van der Waals surface area contributed by atoms with Gasteiger partial charge in [0.05, 0.1) is 6.04 Å². The van der Waals surface area contributed by atoms with Gasteiger partial charge in [0.25, 0.3) is 5.91 Å². The summed E-state index contributed by atoms with van der Waals surface area (Å²) in [4.78, 5) is 24.9. The summed E-state index contributed by atoms with van der Waals surface area (Å²) in [5, 5.41) is 0. The summed E-state index contributed by atoms with van der Waals surface area (Å²) in [5.74, 6) is -0.302. The van der Waals surface area contributed by atoms with Crippen LogP contribution in [0, 0.1) is 0 Å². The monoisotopic (exact) mass is 259 g/mol. The number of carbonyl (C=O) groups is 2. The second-order valence-corrected chi connectivity index (χ2v) is 4.85. The van der Waals surface area contributed by atoms with Crippen LogP contribution in [0.15, 0.2) is 42.0 Å². The zero-order valence-corrected chi connectivity index (χ0v) is 11.1. The largest absolute Gasteiger partial charge is 0.447 e. The first kappa shape index (κ1) is 13.3. The molecule has 4 nitrogen and oxygen atoms in total. The summed E-state index contributed by atoms with van der Waals surface area (Å²) in [7, 11) is 0. The van der Waals surface area contributed by atoms with Gasteiger partial charge in [0.1, 0.15) is 6.61 Å². The highest BCUT2D eigenvalue weighted by Crippen LogP contribution is 2.18. The third-order valence-corrected chi connectivity index (χ3v) is 2.92. The average Bonchev–Trinajstić information content (AvgIpc) is 2.71. The summed E-state index contributed by atoms with van der Waals surface area (Å²) in [6.07, 6.45) is 1.53. The molecule has 100 valence electrons. The Morgan fingerprint density at radius 1 is 1.37 bits per heavy atom. The van der Waals surface area contributed by atoms with E-state index in [2.05, 4.69) is 0 Å². The van der Waals surface area contributed by atoms with Gasteiger partial charge in [-0.2, -0.15) is 0 Å². The zero-order valence-electron chi connectivity index (χ0n) is 11.1. The summed E-state index contributed by atoms with van der Waals surface area (Å²) < 4.78 is 4.99. The number of carbonyl (C=O) groups excluding carboxylic acids is 2. The lowest BCUT2D eigenvalue weighted by atomic mass is 10.1. The second kappa shape index (κ2) is 5.69. The standard InChI is InChI=1S/C15H17NO3/c1-11(2)8-14(17)16-13(10-19-15(16)18)9-12-6-4-3-5-7-12/h3-8,13H,9-10H2,1-2H3/t13-/m1/s1.